The van der Waals surface area contributed by atoms with Crippen LogP contribution in [0.25, 0.3) is 11.0 Å². The third-order valence-corrected chi connectivity index (χ3v) is 9.46. The van der Waals surface area contributed by atoms with Crippen molar-refractivity contribution in [3.8, 4) is 0 Å². The van der Waals surface area contributed by atoms with E-state index < -0.39 is 20.2 Å². The van der Waals surface area contributed by atoms with E-state index in [9.17, 15) is 21.4 Å². The molecule has 0 spiro atoms. The zero-order valence-corrected chi connectivity index (χ0v) is 25.3. The van der Waals surface area contributed by atoms with Gasteiger partial charge in [-0.3, -0.25) is 9.11 Å². The Hall–Kier alpha value is -1.14. The van der Waals surface area contributed by atoms with Gasteiger partial charge in [-0.25, -0.2) is 4.98 Å². The number of fused-ring (bicyclic) bond motifs is 1. The highest BCUT2D eigenvalue weighted by molar-refractivity contribution is 7.99. The van der Waals surface area contributed by atoms with E-state index >= 15 is 0 Å². The molecule has 8 nitrogen and oxygen atoms in total. The molecule has 0 aliphatic rings. The zero-order valence-electron chi connectivity index (χ0n) is 22.8. The Kier molecular flexibility index (Phi) is 15.3. The van der Waals surface area contributed by atoms with Crippen LogP contribution in [0, 0.1) is 0 Å². The van der Waals surface area contributed by atoms with E-state index in [1.54, 1.807) is 17.8 Å². The fourth-order valence-electron chi connectivity index (χ4n) is 4.59. The summed E-state index contributed by atoms with van der Waals surface area (Å²) in [5.74, 6) is 0.658. The van der Waals surface area contributed by atoms with Crippen molar-refractivity contribution in [2.24, 2.45) is 0 Å². The van der Waals surface area contributed by atoms with Gasteiger partial charge in [0.2, 0.25) is 0 Å². The van der Waals surface area contributed by atoms with Crippen molar-refractivity contribution in [1.82, 2.24) is 9.55 Å². The Morgan fingerprint density at radius 3 is 1.87 bits per heavy atom. The van der Waals surface area contributed by atoms with Crippen LogP contribution >= 0.6 is 11.8 Å². The molecule has 0 bridgehead atoms. The third-order valence-electron chi connectivity index (χ3n) is 6.75. The third kappa shape index (κ3) is 13.3. The topological polar surface area (TPSA) is 127 Å². The van der Waals surface area contributed by atoms with Crippen molar-refractivity contribution in [3.05, 3.63) is 18.2 Å². The molecule has 0 aliphatic carbocycles. The molecule has 0 unspecified atom stereocenters. The Labute approximate surface area is 233 Å². The second kappa shape index (κ2) is 17.5. The number of rotatable bonds is 22. The Bertz CT molecular complexity index is 1160. The van der Waals surface area contributed by atoms with Gasteiger partial charge < -0.3 is 4.57 Å². The lowest BCUT2D eigenvalue weighted by Crippen LogP contribution is -2.05. The molecular weight excluding hydrogens is 545 g/mol. The molecule has 1 aromatic heterocycles. The minimum Gasteiger partial charge on any atom is -0.319 e. The highest BCUT2D eigenvalue weighted by Crippen LogP contribution is 2.28. The van der Waals surface area contributed by atoms with E-state index in [1.807, 2.05) is 4.57 Å². The first-order valence-electron chi connectivity index (χ1n) is 14.2. The van der Waals surface area contributed by atoms with Gasteiger partial charge in [0.1, 0.15) is 0 Å². The molecule has 1 heterocycles. The number of nitrogens with zero attached hydrogens (tertiary/aromatic N) is 2. The molecule has 2 rings (SSSR count). The minimum absolute atomic E-state index is 0.184. The Balaban J connectivity index is 1.78. The number of unbranched alkanes of at least 4 members (excludes halogenated alkanes) is 14. The highest BCUT2D eigenvalue weighted by Gasteiger charge is 2.16. The Morgan fingerprint density at radius 1 is 0.763 bits per heavy atom. The molecule has 2 N–H and O–H groups in total. The molecule has 0 aliphatic heterocycles. The molecule has 0 atom stereocenters. The van der Waals surface area contributed by atoms with Gasteiger partial charge in [0, 0.05) is 12.3 Å². The smallest absolute Gasteiger partial charge is 0.294 e. The number of imidazole rings is 1. The minimum atomic E-state index is -4.32. The summed E-state index contributed by atoms with van der Waals surface area (Å²) in [7, 11) is -8.27. The van der Waals surface area contributed by atoms with Crippen LogP contribution in [-0.4, -0.2) is 47.0 Å². The Morgan fingerprint density at radius 2 is 1.32 bits per heavy atom. The van der Waals surface area contributed by atoms with Crippen molar-refractivity contribution in [3.63, 3.8) is 0 Å². The van der Waals surface area contributed by atoms with Gasteiger partial charge in [-0.1, -0.05) is 102 Å². The normalized spacial score (nSPS) is 12.5. The summed E-state index contributed by atoms with van der Waals surface area (Å²) >= 11 is 1.64. The van der Waals surface area contributed by atoms with Crippen LogP contribution in [0.3, 0.4) is 0 Å². The monoisotopic (exact) mass is 590 g/mol. The molecule has 0 saturated carbocycles. The second-order valence-corrected chi connectivity index (χ2v) is 14.2. The number of aromatic nitrogens is 2. The highest BCUT2D eigenvalue weighted by atomic mass is 32.2. The van der Waals surface area contributed by atoms with Gasteiger partial charge in [-0.05, 0) is 37.5 Å². The summed E-state index contributed by atoms with van der Waals surface area (Å²) in [6.07, 6.45) is 18.7. The summed E-state index contributed by atoms with van der Waals surface area (Å²) in [6.45, 7) is 2.86. The van der Waals surface area contributed by atoms with Crippen LogP contribution in [-0.2, 0) is 26.8 Å². The van der Waals surface area contributed by atoms with Crippen molar-refractivity contribution < 1.29 is 25.9 Å². The molecule has 0 radical (unpaired) electrons. The number of hydrogen-bond acceptors (Lipinski definition) is 6. The number of benzene rings is 1. The predicted octanol–water partition coefficient (Wildman–Crippen LogP) is 7.52. The SMILES string of the molecule is CCCCCCCCCCCCCCCSc1nc2cc(S(=O)(=O)O)ccc2n1CCCCCS(=O)(=O)O. The van der Waals surface area contributed by atoms with E-state index in [0.29, 0.717) is 31.3 Å². The van der Waals surface area contributed by atoms with Crippen molar-refractivity contribution in [1.29, 1.82) is 0 Å². The number of aryl methyl sites for hydroxylation is 1. The molecule has 0 saturated heterocycles. The van der Waals surface area contributed by atoms with Crippen LogP contribution in [0.2, 0.25) is 0 Å². The molecular formula is C27H46N2O6S3. The molecule has 2 aromatic rings. The molecule has 38 heavy (non-hydrogen) atoms. The van der Waals surface area contributed by atoms with Gasteiger partial charge in [-0.2, -0.15) is 16.8 Å². The van der Waals surface area contributed by atoms with Crippen LogP contribution in [0.15, 0.2) is 28.3 Å². The van der Waals surface area contributed by atoms with Crippen molar-refractivity contribution in [2.45, 2.75) is 126 Å². The van der Waals surface area contributed by atoms with E-state index in [1.165, 1.54) is 89.2 Å². The molecule has 1 aromatic carbocycles. The quantitative estimate of drug-likeness (QED) is 0.0819. The standard InChI is InChI=1S/C27H46N2O6S3/c1-2-3-4-5-6-7-8-9-10-11-12-13-16-21-36-27-28-25-23-24(38(33,34)35)18-19-26(25)29(27)20-15-14-17-22-37(30,31)32/h18-19,23H,2-17,20-22H2,1H3,(H,30,31,32)(H,33,34,35). The molecule has 0 fully saturated rings. The maximum atomic E-state index is 11.6. The maximum Gasteiger partial charge on any atom is 0.294 e. The van der Waals surface area contributed by atoms with Crippen LogP contribution in [0.4, 0.5) is 0 Å². The first kappa shape index (κ1) is 33.1. The fraction of sp³-hybridized carbons (Fsp3) is 0.741. The van der Waals surface area contributed by atoms with Crippen LogP contribution in [0.5, 0.6) is 0 Å². The van der Waals surface area contributed by atoms with E-state index in [4.69, 9.17) is 4.55 Å². The predicted molar refractivity (Wildman–Crippen MR) is 156 cm³/mol. The second-order valence-electron chi connectivity index (χ2n) is 10.1. The molecule has 0 amide bonds. The average Bonchev–Trinajstić information content (AvgIpc) is 3.19. The van der Waals surface area contributed by atoms with Crippen molar-refractivity contribution in [2.75, 3.05) is 11.5 Å². The maximum absolute atomic E-state index is 11.6. The van der Waals surface area contributed by atoms with Gasteiger partial charge >= 0.3 is 0 Å². The van der Waals surface area contributed by atoms with Gasteiger partial charge in [0.05, 0.1) is 21.7 Å². The lowest BCUT2D eigenvalue weighted by Gasteiger charge is -2.09. The fourth-order valence-corrected chi connectivity index (χ4v) is 6.70. The summed E-state index contributed by atoms with van der Waals surface area (Å²) < 4.78 is 65.4. The first-order chi connectivity index (χ1) is 18.1. The number of hydrogen-bond donors (Lipinski definition) is 2. The summed E-state index contributed by atoms with van der Waals surface area (Å²) in [5.41, 5.74) is 1.28. The largest absolute Gasteiger partial charge is 0.319 e. The summed E-state index contributed by atoms with van der Waals surface area (Å²) in [6, 6.07) is 4.41. The van der Waals surface area contributed by atoms with E-state index in [2.05, 4.69) is 11.9 Å². The lowest BCUT2D eigenvalue weighted by molar-refractivity contribution is 0.477. The van der Waals surface area contributed by atoms with Gasteiger partial charge in [0.15, 0.2) is 5.16 Å². The number of thioether (sulfide) groups is 1. The summed E-state index contributed by atoms with van der Waals surface area (Å²) in [4.78, 5) is 4.45. The van der Waals surface area contributed by atoms with Gasteiger partial charge in [-0.15, -0.1) is 0 Å². The van der Waals surface area contributed by atoms with E-state index in [0.717, 1.165) is 22.8 Å². The first-order valence-corrected chi connectivity index (χ1v) is 18.2. The van der Waals surface area contributed by atoms with Crippen LogP contribution in [0.1, 0.15) is 110 Å². The average molecular weight is 591 g/mol. The van der Waals surface area contributed by atoms with Gasteiger partial charge in [0.25, 0.3) is 20.2 Å². The summed E-state index contributed by atoms with van der Waals surface area (Å²) in [5, 5.41) is 0.793. The van der Waals surface area contributed by atoms with Crippen molar-refractivity contribution >= 4 is 43.0 Å². The molecule has 218 valence electrons. The molecule has 11 heteroatoms. The lowest BCUT2D eigenvalue weighted by atomic mass is 10.1. The van der Waals surface area contributed by atoms with Crippen LogP contribution < -0.4 is 0 Å². The van der Waals surface area contributed by atoms with E-state index in [-0.39, 0.29) is 10.6 Å². The zero-order chi connectivity index (χ0) is 27.9.